The minimum atomic E-state index is -0.833. The Hall–Kier alpha value is -2.67. The summed E-state index contributed by atoms with van der Waals surface area (Å²) in [7, 11) is 0. The molecule has 1 aliphatic carbocycles. The smallest absolute Gasteiger partial charge is 0.307 e. The SMILES string of the molecule is O=C(O)[C@H]1C[C@@H](C(=O)NC2CC2)CN(Cc2ccnn2-c2ccccc2)C1. The normalized spacial score (nSPS) is 23.1. The topological polar surface area (TPSA) is 87.5 Å². The predicted molar refractivity (Wildman–Crippen MR) is 99.2 cm³/mol. The molecule has 1 saturated heterocycles. The fraction of sp³-hybridized carbons (Fsp3) is 0.450. The average molecular weight is 368 g/mol. The molecule has 2 aromatic rings. The summed E-state index contributed by atoms with van der Waals surface area (Å²) in [5, 5.41) is 17.0. The molecular formula is C20H24N4O3. The van der Waals surface area contributed by atoms with Gasteiger partial charge in [0, 0.05) is 31.9 Å². The van der Waals surface area contributed by atoms with Crippen LogP contribution in [0.4, 0.5) is 0 Å². The van der Waals surface area contributed by atoms with Crippen molar-refractivity contribution in [3.05, 3.63) is 48.3 Å². The summed E-state index contributed by atoms with van der Waals surface area (Å²) in [6.45, 7) is 1.58. The molecule has 1 amide bonds. The lowest BCUT2D eigenvalue weighted by molar-refractivity contribution is -0.145. The van der Waals surface area contributed by atoms with Crippen LogP contribution in [0.25, 0.3) is 5.69 Å². The Morgan fingerprint density at radius 2 is 1.85 bits per heavy atom. The van der Waals surface area contributed by atoms with Crippen molar-refractivity contribution in [1.82, 2.24) is 20.0 Å². The van der Waals surface area contributed by atoms with Gasteiger partial charge >= 0.3 is 5.97 Å². The van der Waals surface area contributed by atoms with Crippen molar-refractivity contribution in [1.29, 1.82) is 0 Å². The van der Waals surface area contributed by atoms with Crippen LogP contribution in [0.2, 0.25) is 0 Å². The number of aromatic nitrogens is 2. The summed E-state index contributed by atoms with van der Waals surface area (Å²) < 4.78 is 1.86. The summed E-state index contributed by atoms with van der Waals surface area (Å²) in [6.07, 6.45) is 4.21. The molecule has 2 heterocycles. The maximum absolute atomic E-state index is 12.5. The quantitative estimate of drug-likeness (QED) is 0.810. The van der Waals surface area contributed by atoms with Gasteiger partial charge in [-0.15, -0.1) is 0 Å². The number of amides is 1. The fourth-order valence-corrected chi connectivity index (χ4v) is 3.72. The number of piperidine rings is 1. The van der Waals surface area contributed by atoms with Gasteiger partial charge in [0.25, 0.3) is 0 Å². The number of hydrogen-bond donors (Lipinski definition) is 2. The lowest BCUT2D eigenvalue weighted by Crippen LogP contribution is -2.48. The van der Waals surface area contributed by atoms with E-state index in [1.54, 1.807) is 6.20 Å². The average Bonchev–Trinajstić information content (AvgIpc) is 3.37. The van der Waals surface area contributed by atoms with Crippen LogP contribution in [-0.4, -0.2) is 50.8 Å². The molecule has 142 valence electrons. The third kappa shape index (κ3) is 4.19. The van der Waals surface area contributed by atoms with Gasteiger partial charge < -0.3 is 10.4 Å². The van der Waals surface area contributed by atoms with Crippen molar-refractivity contribution in [2.45, 2.75) is 31.8 Å². The first-order valence-corrected chi connectivity index (χ1v) is 9.44. The van der Waals surface area contributed by atoms with Gasteiger partial charge in [-0.05, 0) is 37.5 Å². The molecule has 0 unspecified atom stereocenters. The van der Waals surface area contributed by atoms with E-state index in [9.17, 15) is 14.7 Å². The van der Waals surface area contributed by atoms with E-state index in [1.807, 2.05) is 41.1 Å². The molecule has 0 radical (unpaired) electrons. The zero-order chi connectivity index (χ0) is 18.8. The number of para-hydroxylation sites is 1. The zero-order valence-electron chi connectivity index (χ0n) is 15.1. The lowest BCUT2D eigenvalue weighted by atomic mass is 9.88. The molecular weight excluding hydrogens is 344 g/mol. The molecule has 1 aromatic carbocycles. The maximum atomic E-state index is 12.5. The van der Waals surface area contributed by atoms with Crippen molar-refractivity contribution < 1.29 is 14.7 Å². The van der Waals surface area contributed by atoms with Crippen LogP contribution in [0, 0.1) is 11.8 Å². The number of nitrogens with one attached hydrogen (secondary N) is 1. The molecule has 7 heteroatoms. The maximum Gasteiger partial charge on any atom is 0.307 e. The number of carboxylic acids is 1. The van der Waals surface area contributed by atoms with Crippen LogP contribution in [0.5, 0.6) is 0 Å². The van der Waals surface area contributed by atoms with Gasteiger partial charge in [-0.3, -0.25) is 14.5 Å². The number of rotatable bonds is 6. The molecule has 1 aromatic heterocycles. The van der Waals surface area contributed by atoms with Gasteiger partial charge in [-0.2, -0.15) is 5.10 Å². The first kappa shape index (κ1) is 17.7. The first-order valence-electron chi connectivity index (χ1n) is 9.44. The monoisotopic (exact) mass is 368 g/mol. The van der Waals surface area contributed by atoms with E-state index in [4.69, 9.17) is 0 Å². The Kier molecular flexibility index (Phi) is 4.94. The van der Waals surface area contributed by atoms with Crippen LogP contribution in [0.15, 0.2) is 42.6 Å². The molecule has 1 saturated carbocycles. The lowest BCUT2D eigenvalue weighted by Gasteiger charge is -2.35. The Morgan fingerprint density at radius 1 is 1.11 bits per heavy atom. The summed E-state index contributed by atoms with van der Waals surface area (Å²) in [6, 6.07) is 12.1. The second-order valence-electron chi connectivity index (χ2n) is 7.51. The Morgan fingerprint density at radius 3 is 2.56 bits per heavy atom. The molecule has 2 fully saturated rings. The summed E-state index contributed by atoms with van der Waals surface area (Å²) in [4.78, 5) is 26.2. The van der Waals surface area contributed by atoms with Crippen molar-refractivity contribution in [3.8, 4) is 5.69 Å². The summed E-state index contributed by atoms with van der Waals surface area (Å²) in [5.74, 6) is -1.65. The second-order valence-corrected chi connectivity index (χ2v) is 7.51. The minimum absolute atomic E-state index is 0.00924. The molecule has 0 spiro atoms. The predicted octanol–water partition coefficient (Wildman–Crippen LogP) is 1.67. The van der Waals surface area contributed by atoms with E-state index in [2.05, 4.69) is 15.3 Å². The molecule has 2 atom stereocenters. The summed E-state index contributed by atoms with van der Waals surface area (Å²) in [5.41, 5.74) is 1.95. The van der Waals surface area contributed by atoms with Gasteiger partial charge in [0.15, 0.2) is 0 Å². The number of carbonyl (C=O) groups excluding carboxylic acids is 1. The number of aliphatic carboxylic acids is 1. The van der Waals surface area contributed by atoms with E-state index < -0.39 is 11.9 Å². The van der Waals surface area contributed by atoms with Gasteiger partial charge in [0.1, 0.15) is 0 Å². The fourth-order valence-electron chi connectivity index (χ4n) is 3.72. The van der Waals surface area contributed by atoms with Gasteiger partial charge in [0.05, 0.1) is 23.2 Å². The molecule has 2 N–H and O–H groups in total. The molecule has 0 bridgehead atoms. The molecule has 27 heavy (non-hydrogen) atoms. The van der Waals surface area contributed by atoms with Crippen molar-refractivity contribution in [3.63, 3.8) is 0 Å². The zero-order valence-corrected chi connectivity index (χ0v) is 15.1. The van der Waals surface area contributed by atoms with E-state index in [1.165, 1.54) is 0 Å². The first-order chi connectivity index (χ1) is 13.1. The second kappa shape index (κ2) is 7.52. The van der Waals surface area contributed by atoms with Crippen molar-refractivity contribution in [2.24, 2.45) is 11.8 Å². The van der Waals surface area contributed by atoms with E-state index in [0.29, 0.717) is 26.1 Å². The molecule has 1 aliphatic heterocycles. The molecule has 2 aliphatic rings. The third-order valence-electron chi connectivity index (χ3n) is 5.28. The Bertz CT molecular complexity index is 816. The number of nitrogens with zero attached hydrogens (tertiary/aromatic N) is 3. The van der Waals surface area contributed by atoms with Gasteiger partial charge in [-0.25, -0.2) is 4.68 Å². The Labute approximate surface area is 158 Å². The highest BCUT2D eigenvalue weighted by Crippen LogP contribution is 2.26. The molecule has 7 nitrogen and oxygen atoms in total. The highest BCUT2D eigenvalue weighted by atomic mass is 16.4. The van der Waals surface area contributed by atoms with Gasteiger partial charge in [-0.1, -0.05) is 18.2 Å². The standard InChI is InChI=1S/C20H24N4O3/c25-19(22-16-6-7-16)14-10-15(20(26)27)12-23(11-14)13-18-8-9-21-24(18)17-4-2-1-3-5-17/h1-5,8-9,14-16H,6-7,10-13H2,(H,22,25)(H,26,27)/t14-,15+/m1/s1. The third-order valence-corrected chi connectivity index (χ3v) is 5.28. The van der Waals surface area contributed by atoms with Crippen molar-refractivity contribution >= 4 is 11.9 Å². The van der Waals surface area contributed by atoms with Crippen LogP contribution < -0.4 is 5.32 Å². The van der Waals surface area contributed by atoms with E-state index in [-0.39, 0.29) is 17.9 Å². The van der Waals surface area contributed by atoms with Crippen LogP contribution >= 0.6 is 0 Å². The van der Waals surface area contributed by atoms with Crippen molar-refractivity contribution in [2.75, 3.05) is 13.1 Å². The number of carboxylic acid groups (broad SMARTS) is 1. The Balaban J connectivity index is 1.49. The van der Waals surface area contributed by atoms with E-state index >= 15 is 0 Å². The highest BCUT2D eigenvalue weighted by molar-refractivity contribution is 5.81. The number of benzene rings is 1. The highest BCUT2D eigenvalue weighted by Gasteiger charge is 2.37. The van der Waals surface area contributed by atoms with Crippen LogP contribution in [-0.2, 0) is 16.1 Å². The van der Waals surface area contributed by atoms with Crippen LogP contribution in [0.3, 0.4) is 0 Å². The minimum Gasteiger partial charge on any atom is -0.481 e. The van der Waals surface area contributed by atoms with Crippen LogP contribution in [0.1, 0.15) is 25.0 Å². The molecule has 4 rings (SSSR count). The number of hydrogen-bond acceptors (Lipinski definition) is 4. The van der Waals surface area contributed by atoms with E-state index in [0.717, 1.165) is 24.2 Å². The number of likely N-dealkylation sites (tertiary alicyclic amines) is 1. The summed E-state index contributed by atoms with van der Waals surface area (Å²) >= 11 is 0. The largest absolute Gasteiger partial charge is 0.481 e. The van der Waals surface area contributed by atoms with Gasteiger partial charge in [0.2, 0.25) is 5.91 Å². The number of carbonyl (C=O) groups is 2.